The van der Waals surface area contributed by atoms with Gasteiger partial charge in [0.05, 0.1) is 25.4 Å². The van der Waals surface area contributed by atoms with Crippen molar-refractivity contribution >= 4 is 5.91 Å². The molecule has 23 heavy (non-hydrogen) atoms. The van der Waals surface area contributed by atoms with E-state index in [1.807, 2.05) is 19.1 Å². The summed E-state index contributed by atoms with van der Waals surface area (Å²) >= 11 is 0. The lowest BCUT2D eigenvalue weighted by Gasteiger charge is -2.22. The first-order chi connectivity index (χ1) is 11.1. The Bertz CT molecular complexity index is 636. The zero-order chi connectivity index (χ0) is 16.2. The molecular formula is C18H21FN2O2. The van der Waals surface area contributed by atoms with Crippen LogP contribution in [0.1, 0.15) is 37.1 Å². The summed E-state index contributed by atoms with van der Waals surface area (Å²) in [7, 11) is 0. The SMILES string of the molecule is CC(NC(=O)CN(Cc1ccco1)C1CC1)c1ccc(F)cc1. The van der Waals surface area contributed by atoms with E-state index in [4.69, 9.17) is 4.42 Å². The maximum Gasteiger partial charge on any atom is 0.234 e. The van der Waals surface area contributed by atoms with E-state index in [0.717, 1.165) is 24.2 Å². The summed E-state index contributed by atoms with van der Waals surface area (Å²) in [6.45, 7) is 2.89. The second kappa shape index (κ2) is 6.96. The average Bonchev–Trinajstić information content (AvgIpc) is 3.25. The van der Waals surface area contributed by atoms with Gasteiger partial charge in [-0.25, -0.2) is 4.39 Å². The molecule has 1 heterocycles. The number of benzene rings is 1. The van der Waals surface area contributed by atoms with Crippen LogP contribution in [0.4, 0.5) is 4.39 Å². The summed E-state index contributed by atoms with van der Waals surface area (Å²) < 4.78 is 18.3. The lowest BCUT2D eigenvalue weighted by Crippen LogP contribution is -2.39. The summed E-state index contributed by atoms with van der Waals surface area (Å²) in [4.78, 5) is 14.5. The minimum atomic E-state index is -0.273. The van der Waals surface area contributed by atoms with Crippen molar-refractivity contribution in [1.82, 2.24) is 10.2 Å². The van der Waals surface area contributed by atoms with Crippen LogP contribution < -0.4 is 5.32 Å². The molecule has 0 spiro atoms. The van der Waals surface area contributed by atoms with Crippen molar-refractivity contribution in [3.63, 3.8) is 0 Å². The van der Waals surface area contributed by atoms with E-state index in [-0.39, 0.29) is 17.8 Å². The Morgan fingerprint density at radius 1 is 1.35 bits per heavy atom. The lowest BCUT2D eigenvalue weighted by molar-refractivity contribution is -0.123. The highest BCUT2D eigenvalue weighted by Crippen LogP contribution is 2.28. The number of carbonyl (C=O) groups excluding carboxylic acids is 1. The van der Waals surface area contributed by atoms with Crippen LogP contribution in [-0.2, 0) is 11.3 Å². The van der Waals surface area contributed by atoms with Crippen LogP contribution in [0.3, 0.4) is 0 Å². The first kappa shape index (κ1) is 15.7. The lowest BCUT2D eigenvalue weighted by atomic mass is 10.1. The summed E-state index contributed by atoms with van der Waals surface area (Å²) in [5, 5.41) is 2.97. The van der Waals surface area contributed by atoms with Gasteiger partial charge in [-0.2, -0.15) is 0 Å². The molecule has 1 atom stereocenters. The molecule has 5 heteroatoms. The van der Waals surface area contributed by atoms with Crippen LogP contribution in [0.25, 0.3) is 0 Å². The van der Waals surface area contributed by atoms with E-state index in [1.165, 1.54) is 12.1 Å². The first-order valence-electron chi connectivity index (χ1n) is 7.93. The van der Waals surface area contributed by atoms with Gasteiger partial charge in [-0.15, -0.1) is 0 Å². The number of nitrogens with one attached hydrogen (secondary N) is 1. The standard InChI is InChI=1S/C18H21FN2O2/c1-13(14-4-6-15(19)7-5-14)20-18(22)12-21(16-8-9-16)11-17-3-2-10-23-17/h2-7,10,13,16H,8-9,11-12H2,1H3,(H,20,22). The smallest absolute Gasteiger partial charge is 0.234 e. The largest absolute Gasteiger partial charge is 0.468 e. The summed E-state index contributed by atoms with van der Waals surface area (Å²) in [6.07, 6.45) is 3.90. The van der Waals surface area contributed by atoms with Gasteiger partial charge in [0.15, 0.2) is 0 Å². The molecule has 1 aliphatic rings. The van der Waals surface area contributed by atoms with Gasteiger partial charge in [0.25, 0.3) is 0 Å². The van der Waals surface area contributed by atoms with Crippen molar-refractivity contribution in [2.24, 2.45) is 0 Å². The third kappa shape index (κ3) is 4.42. The number of halogens is 1. The van der Waals surface area contributed by atoms with Gasteiger partial charge in [-0.1, -0.05) is 12.1 Å². The Morgan fingerprint density at radius 2 is 2.09 bits per heavy atom. The second-order valence-corrected chi connectivity index (χ2v) is 6.06. The summed E-state index contributed by atoms with van der Waals surface area (Å²) in [6, 6.07) is 10.3. The predicted molar refractivity (Wildman–Crippen MR) is 85.1 cm³/mol. The van der Waals surface area contributed by atoms with E-state index >= 15 is 0 Å². The van der Waals surface area contributed by atoms with Crippen molar-refractivity contribution in [1.29, 1.82) is 0 Å². The van der Waals surface area contributed by atoms with Gasteiger partial charge in [0.2, 0.25) is 5.91 Å². The normalized spacial score (nSPS) is 15.6. The van der Waals surface area contributed by atoms with Crippen LogP contribution in [0.5, 0.6) is 0 Å². The fourth-order valence-electron chi connectivity index (χ4n) is 2.66. The van der Waals surface area contributed by atoms with Crippen LogP contribution in [0.2, 0.25) is 0 Å². The zero-order valence-electron chi connectivity index (χ0n) is 13.2. The number of furan rings is 1. The molecule has 1 aromatic heterocycles. The molecule has 1 amide bonds. The minimum Gasteiger partial charge on any atom is -0.468 e. The average molecular weight is 316 g/mol. The molecular weight excluding hydrogens is 295 g/mol. The van der Waals surface area contributed by atoms with Gasteiger partial charge in [0.1, 0.15) is 11.6 Å². The van der Waals surface area contributed by atoms with Crippen molar-refractivity contribution in [3.05, 3.63) is 59.8 Å². The molecule has 1 saturated carbocycles. The maximum atomic E-state index is 13.0. The number of nitrogens with zero attached hydrogens (tertiary/aromatic N) is 1. The Labute approximate surface area is 135 Å². The Hall–Kier alpha value is -2.14. The molecule has 3 rings (SSSR count). The highest BCUT2D eigenvalue weighted by atomic mass is 19.1. The summed E-state index contributed by atoms with van der Waals surface area (Å²) in [5.41, 5.74) is 0.892. The fraction of sp³-hybridized carbons (Fsp3) is 0.389. The maximum absolute atomic E-state index is 13.0. The van der Waals surface area contributed by atoms with E-state index in [0.29, 0.717) is 19.1 Å². The third-order valence-electron chi connectivity index (χ3n) is 4.10. The number of hydrogen-bond acceptors (Lipinski definition) is 3. The van der Waals surface area contributed by atoms with E-state index in [1.54, 1.807) is 18.4 Å². The molecule has 1 fully saturated rings. The minimum absolute atomic E-state index is 0.0275. The van der Waals surface area contributed by atoms with Gasteiger partial charge in [-0.3, -0.25) is 9.69 Å². The molecule has 1 N–H and O–H groups in total. The molecule has 4 nitrogen and oxygen atoms in total. The number of carbonyl (C=O) groups is 1. The topological polar surface area (TPSA) is 45.5 Å². The van der Waals surface area contributed by atoms with E-state index in [2.05, 4.69) is 10.2 Å². The number of amides is 1. The van der Waals surface area contributed by atoms with Gasteiger partial charge < -0.3 is 9.73 Å². The Morgan fingerprint density at radius 3 is 2.70 bits per heavy atom. The highest BCUT2D eigenvalue weighted by molar-refractivity contribution is 5.78. The Kier molecular flexibility index (Phi) is 4.76. The molecule has 0 radical (unpaired) electrons. The molecule has 0 bridgehead atoms. The molecule has 0 saturated heterocycles. The van der Waals surface area contributed by atoms with Crippen molar-refractivity contribution in [3.8, 4) is 0 Å². The third-order valence-corrected chi connectivity index (χ3v) is 4.10. The molecule has 1 unspecified atom stereocenters. The molecule has 1 aliphatic carbocycles. The van der Waals surface area contributed by atoms with Crippen molar-refractivity contribution in [2.75, 3.05) is 6.54 Å². The van der Waals surface area contributed by atoms with Gasteiger partial charge in [-0.05, 0) is 49.6 Å². The van der Waals surface area contributed by atoms with E-state index in [9.17, 15) is 9.18 Å². The second-order valence-electron chi connectivity index (χ2n) is 6.06. The van der Waals surface area contributed by atoms with Gasteiger partial charge in [0, 0.05) is 6.04 Å². The van der Waals surface area contributed by atoms with Crippen LogP contribution in [0.15, 0.2) is 47.1 Å². The quantitative estimate of drug-likeness (QED) is 0.853. The summed E-state index contributed by atoms with van der Waals surface area (Å²) in [5.74, 6) is 0.571. The molecule has 1 aromatic carbocycles. The monoisotopic (exact) mass is 316 g/mol. The van der Waals surface area contributed by atoms with Crippen LogP contribution >= 0.6 is 0 Å². The fourth-order valence-corrected chi connectivity index (χ4v) is 2.66. The molecule has 122 valence electrons. The van der Waals surface area contributed by atoms with E-state index < -0.39 is 0 Å². The molecule has 2 aromatic rings. The van der Waals surface area contributed by atoms with Crippen molar-refractivity contribution < 1.29 is 13.6 Å². The predicted octanol–water partition coefficient (Wildman–Crippen LogP) is 3.26. The van der Waals surface area contributed by atoms with Gasteiger partial charge >= 0.3 is 0 Å². The van der Waals surface area contributed by atoms with Crippen LogP contribution in [-0.4, -0.2) is 23.4 Å². The van der Waals surface area contributed by atoms with Crippen LogP contribution in [0, 0.1) is 5.82 Å². The Balaban J connectivity index is 1.55. The molecule has 0 aliphatic heterocycles. The van der Waals surface area contributed by atoms with Crippen molar-refractivity contribution in [2.45, 2.75) is 38.4 Å². The highest BCUT2D eigenvalue weighted by Gasteiger charge is 2.31. The first-order valence-corrected chi connectivity index (χ1v) is 7.93. The number of hydrogen-bond donors (Lipinski definition) is 1. The zero-order valence-corrected chi connectivity index (χ0v) is 13.2. The number of rotatable bonds is 7.